The van der Waals surface area contributed by atoms with Crippen LogP contribution in [-0.2, 0) is 12.6 Å². The summed E-state index contributed by atoms with van der Waals surface area (Å²) in [4.78, 5) is 0. The number of benzene rings is 2. The van der Waals surface area contributed by atoms with Crippen molar-refractivity contribution in [2.45, 2.75) is 18.7 Å². The molecule has 1 heterocycles. The molecule has 1 atom stereocenters. The van der Waals surface area contributed by atoms with Gasteiger partial charge in [0.05, 0.1) is 5.56 Å². The molecule has 0 aromatic heterocycles. The molecule has 0 aliphatic carbocycles. The molecule has 0 spiro atoms. The first-order valence-corrected chi connectivity index (χ1v) is 7.16. The van der Waals surface area contributed by atoms with Gasteiger partial charge in [0.15, 0.2) is 0 Å². The van der Waals surface area contributed by atoms with Crippen molar-refractivity contribution >= 4 is 0 Å². The standard InChI is InChI=1S/C17H16F3NO/c18-17(19,20)13-5-7-14(8-6-13)22-16-11-21-10-9-12-3-1-2-4-15(12)16/h1-8,16,21H,9-11H2. The number of fused-ring (bicyclic) bond motifs is 1. The van der Waals surface area contributed by atoms with Crippen molar-refractivity contribution in [3.8, 4) is 5.75 Å². The number of hydrogen-bond acceptors (Lipinski definition) is 2. The monoisotopic (exact) mass is 307 g/mol. The van der Waals surface area contributed by atoms with Crippen LogP contribution in [0.3, 0.4) is 0 Å². The van der Waals surface area contributed by atoms with Crippen LogP contribution in [0.5, 0.6) is 5.75 Å². The van der Waals surface area contributed by atoms with Crippen LogP contribution in [0.15, 0.2) is 48.5 Å². The minimum Gasteiger partial charge on any atom is -0.484 e. The average Bonchev–Trinajstić information content (AvgIpc) is 2.70. The van der Waals surface area contributed by atoms with Gasteiger partial charge in [-0.25, -0.2) is 0 Å². The second kappa shape index (κ2) is 6.01. The number of ether oxygens (including phenoxy) is 1. The van der Waals surface area contributed by atoms with E-state index in [1.165, 1.54) is 17.7 Å². The molecule has 0 radical (unpaired) electrons. The summed E-state index contributed by atoms with van der Waals surface area (Å²) < 4.78 is 43.6. The fourth-order valence-electron chi connectivity index (χ4n) is 2.63. The zero-order valence-corrected chi connectivity index (χ0v) is 11.9. The summed E-state index contributed by atoms with van der Waals surface area (Å²) in [7, 11) is 0. The summed E-state index contributed by atoms with van der Waals surface area (Å²) in [6.07, 6.45) is -3.60. The van der Waals surface area contributed by atoms with Crippen molar-refractivity contribution in [2.24, 2.45) is 0 Å². The van der Waals surface area contributed by atoms with Crippen LogP contribution in [0.4, 0.5) is 13.2 Å². The largest absolute Gasteiger partial charge is 0.484 e. The Morgan fingerprint density at radius 3 is 2.45 bits per heavy atom. The minimum absolute atomic E-state index is 0.199. The van der Waals surface area contributed by atoms with E-state index in [2.05, 4.69) is 11.4 Å². The van der Waals surface area contributed by atoms with Gasteiger partial charge in [-0.2, -0.15) is 13.2 Å². The van der Waals surface area contributed by atoms with Gasteiger partial charge < -0.3 is 10.1 Å². The Balaban J connectivity index is 1.81. The molecular weight excluding hydrogens is 291 g/mol. The van der Waals surface area contributed by atoms with Crippen LogP contribution >= 0.6 is 0 Å². The number of rotatable bonds is 2. The van der Waals surface area contributed by atoms with Gasteiger partial charge in [-0.1, -0.05) is 24.3 Å². The summed E-state index contributed by atoms with van der Waals surface area (Å²) in [5, 5.41) is 3.30. The molecule has 2 aromatic rings. The van der Waals surface area contributed by atoms with Gasteiger partial charge >= 0.3 is 6.18 Å². The minimum atomic E-state index is -4.32. The van der Waals surface area contributed by atoms with Gasteiger partial charge in [-0.15, -0.1) is 0 Å². The maximum Gasteiger partial charge on any atom is 0.416 e. The third kappa shape index (κ3) is 3.25. The molecule has 1 unspecified atom stereocenters. The third-order valence-electron chi connectivity index (χ3n) is 3.76. The normalized spacial score (nSPS) is 18.4. The lowest BCUT2D eigenvalue weighted by Gasteiger charge is -2.20. The van der Waals surface area contributed by atoms with Crippen LogP contribution in [0.2, 0.25) is 0 Å². The Bertz CT molecular complexity index is 637. The molecule has 3 rings (SSSR count). The molecular formula is C17H16F3NO. The van der Waals surface area contributed by atoms with Crippen molar-refractivity contribution in [3.05, 3.63) is 65.2 Å². The van der Waals surface area contributed by atoms with Crippen molar-refractivity contribution in [1.82, 2.24) is 5.32 Å². The topological polar surface area (TPSA) is 21.3 Å². The van der Waals surface area contributed by atoms with Gasteiger partial charge in [0, 0.05) is 6.54 Å². The van der Waals surface area contributed by atoms with Gasteiger partial charge in [0.25, 0.3) is 0 Å². The van der Waals surface area contributed by atoms with Crippen LogP contribution in [0, 0.1) is 0 Å². The zero-order chi connectivity index (χ0) is 15.6. The maximum absolute atomic E-state index is 12.6. The van der Waals surface area contributed by atoms with E-state index in [0.717, 1.165) is 30.7 Å². The third-order valence-corrected chi connectivity index (χ3v) is 3.76. The summed E-state index contributed by atoms with van der Waals surface area (Å²) in [5.41, 5.74) is 1.64. The van der Waals surface area contributed by atoms with Gasteiger partial charge in [-0.05, 0) is 48.4 Å². The number of alkyl halides is 3. The van der Waals surface area contributed by atoms with Gasteiger partial charge in [0.2, 0.25) is 0 Å². The van der Waals surface area contributed by atoms with Crippen LogP contribution in [-0.4, -0.2) is 13.1 Å². The van der Waals surface area contributed by atoms with Gasteiger partial charge in [0.1, 0.15) is 11.9 Å². The van der Waals surface area contributed by atoms with E-state index >= 15 is 0 Å². The summed E-state index contributed by atoms with van der Waals surface area (Å²) >= 11 is 0. The fraction of sp³-hybridized carbons (Fsp3) is 0.294. The van der Waals surface area contributed by atoms with E-state index < -0.39 is 11.7 Å². The van der Waals surface area contributed by atoms with Crippen molar-refractivity contribution in [3.63, 3.8) is 0 Å². The Kier molecular flexibility index (Phi) is 4.07. The Morgan fingerprint density at radius 1 is 1.00 bits per heavy atom. The smallest absolute Gasteiger partial charge is 0.416 e. The Morgan fingerprint density at radius 2 is 1.73 bits per heavy atom. The van der Waals surface area contributed by atoms with E-state index in [-0.39, 0.29) is 6.10 Å². The second-order valence-corrected chi connectivity index (χ2v) is 5.28. The van der Waals surface area contributed by atoms with Gasteiger partial charge in [-0.3, -0.25) is 0 Å². The zero-order valence-electron chi connectivity index (χ0n) is 11.9. The lowest BCUT2D eigenvalue weighted by Crippen LogP contribution is -2.23. The highest BCUT2D eigenvalue weighted by atomic mass is 19.4. The van der Waals surface area contributed by atoms with Crippen LogP contribution in [0.25, 0.3) is 0 Å². The quantitative estimate of drug-likeness (QED) is 0.906. The lowest BCUT2D eigenvalue weighted by atomic mass is 10.0. The van der Waals surface area contributed by atoms with Crippen molar-refractivity contribution < 1.29 is 17.9 Å². The van der Waals surface area contributed by atoms with E-state index in [1.54, 1.807) is 0 Å². The number of halogens is 3. The number of nitrogens with one attached hydrogen (secondary N) is 1. The highest BCUT2D eigenvalue weighted by molar-refractivity contribution is 5.34. The molecule has 22 heavy (non-hydrogen) atoms. The fourth-order valence-corrected chi connectivity index (χ4v) is 2.63. The maximum atomic E-state index is 12.6. The molecule has 2 nitrogen and oxygen atoms in total. The molecule has 0 saturated heterocycles. The first-order valence-electron chi connectivity index (χ1n) is 7.16. The highest BCUT2D eigenvalue weighted by Gasteiger charge is 2.30. The Labute approximate surface area is 126 Å². The molecule has 1 N–H and O–H groups in total. The molecule has 1 aliphatic heterocycles. The Hall–Kier alpha value is -2.01. The van der Waals surface area contributed by atoms with E-state index in [4.69, 9.17) is 4.74 Å². The highest BCUT2D eigenvalue weighted by Crippen LogP contribution is 2.32. The molecule has 2 aromatic carbocycles. The molecule has 0 fully saturated rings. The predicted molar refractivity (Wildman–Crippen MR) is 77.8 cm³/mol. The van der Waals surface area contributed by atoms with E-state index in [1.807, 2.05) is 18.2 Å². The molecule has 0 saturated carbocycles. The predicted octanol–water partition coefficient (Wildman–Crippen LogP) is 3.97. The molecule has 1 aliphatic rings. The van der Waals surface area contributed by atoms with E-state index in [9.17, 15) is 13.2 Å². The summed E-state index contributed by atoms with van der Waals surface area (Å²) in [6, 6.07) is 12.8. The molecule has 5 heteroatoms. The molecule has 0 bridgehead atoms. The van der Waals surface area contributed by atoms with Crippen molar-refractivity contribution in [2.75, 3.05) is 13.1 Å². The lowest BCUT2D eigenvalue weighted by molar-refractivity contribution is -0.137. The van der Waals surface area contributed by atoms with Crippen molar-refractivity contribution in [1.29, 1.82) is 0 Å². The summed E-state index contributed by atoms with van der Waals surface area (Å²) in [5.74, 6) is 0.441. The SMILES string of the molecule is FC(F)(F)c1ccc(OC2CNCCc3ccccc32)cc1. The van der Waals surface area contributed by atoms with Crippen LogP contribution < -0.4 is 10.1 Å². The molecule has 116 valence electrons. The molecule has 0 amide bonds. The second-order valence-electron chi connectivity index (χ2n) is 5.28. The summed E-state index contributed by atoms with van der Waals surface area (Å²) in [6.45, 7) is 1.50. The first kappa shape index (κ1) is 14.9. The number of hydrogen-bond donors (Lipinski definition) is 1. The van der Waals surface area contributed by atoms with E-state index in [0.29, 0.717) is 12.3 Å². The average molecular weight is 307 g/mol. The first-order chi connectivity index (χ1) is 10.5. The van der Waals surface area contributed by atoms with Crippen LogP contribution in [0.1, 0.15) is 22.8 Å².